The molecule has 0 aromatic heterocycles. The van der Waals surface area contributed by atoms with Gasteiger partial charge in [-0.3, -0.25) is 0 Å². The second-order valence-electron chi connectivity index (χ2n) is 6.26. The van der Waals surface area contributed by atoms with Crippen LogP contribution >= 0.6 is 0 Å². The highest BCUT2D eigenvalue weighted by Gasteiger charge is 2.29. The van der Waals surface area contributed by atoms with E-state index in [0.717, 1.165) is 12.1 Å². The Morgan fingerprint density at radius 2 is 1.36 bits per heavy atom. The van der Waals surface area contributed by atoms with Crippen LogP contribution in [-0.2, 0) is 5.41 Å². The molecule has 118 valence electrons. The van der Waals surface area contributed by atoms with E-state index in [1.807, 2.05) is 0 Å². The van der Waals surface area contributed by atoms with Gasteiger partial charge in [0.2, 0.25) is 0 Å². The third-order valence-corrected chi connectivity index (χ3v) is 3.98. The van der Waals surface area contributed by atoms with Crippen LogP contribution < -0.4 is 0 Å². The molecule has 0 nitrogen and oxygen atoms in total. The summed E-state index contributed by atoms with van der Waals surface area (Å²) in [5.41, 5.74) is -0.490. The molecule has 2 rings (SSSR count). The highest BCUT2D eigenvalue weighted by molar-refractivity contribution is 5.41. The van der Waals surface area contributed by atoms with Crippen molar-refractivity contribution < 1.29 is 17.6 Å². The van der Waals surface area contributed by atoms with Gasteiger partial charge in [0.1, 0.15) is 23.3 Å². The van der Waals surface area contributed by atoms with Gasteiger partial charge in [0, 0.05) is 17.0 Å². The molecule has 0 atom stereocenters. The van der Waals surface area contributed by atoms with Gasteiger partial charge in [-0.05, 0) is 35.2 Å². The molecule has 4 heteroatoms. The van der Waals surface area contributed by atoms with Gasteiger partial charge in [-0.2, -0.15) is 0 Å². The molecular formula is C18H18F4. The van der Waals surface area contributed by atoms with E-state index in [1.165, 1.54) is 18.2 Å². The number of benzene rings is 2. The Labute approximate surface area is 127 Å². The molecule has 0 amide bonds. The summed E-state index contributed by atoms with van der Waals surface area (Å²) >= 11 is 0. The average Bonchev–Trinajstić information content (AvgIpc) is 2.36. The van der Waals surface area contributed by atoms with Gasteiger partial charge in [0.05, 0.1) is 0 Å². The highest BCUT2D eigenvalue weighted by Crippen LogP contribution is 2.36. The van der Waals surface area contributed by atoms with Crippen LogP contribution in [0.4, 0.5) is 17.6 Å². The maximum absolute atomic E-state index is 14.2. The van der Waals surface area contributed by atoms with E-state index in [0.29, 0.717) is 5.56 Å². The second-order valence-corrected chi connectivity index (χ2v) is 6.26. The molecule has 0 bridgehead atoms. The fraction of sp³-hybridized carbons (Fsp3) is 0.333. The molecule has 0 aliphatic rings. The second kappa shape index (κ2) is 5.75. The van der Waals surface area contributed by atoms with Crippen molar-refractivity contribution in [3.63, 3.8) is 0 Å². The summed E-state index contributed by atoms with van der Waals surface area (Å²) < 4.78 is 55.4. The minimum absolute atomic E-state index is 0.0131. The fourth-order valence-corrected chi connectivity index (χ4v) is 2.65. The SMILES string of the molecule is CC(C)c1c(F)cc(C(C)(C)c2ccc(F)cc2F)cc1F. The minimum atomic E-state index is -0.991. The van der Waals surface area contributed by atoms with Crippen LogP contribution in [0.3, 0.4) is 0 Å². The summed E-state index contributed by atoms with van der Waals surface area (Å²) in [5.74, 6) is -3.02. The summed E-state index contributed by atoms with van der Waals surface area (Å²) in [5, 5.41) is 0. The van der Waals surface area contributed by atoms with Crippen molar-refractivity contribution in [1.82, 2.24) is 0 Å². The van der Waals surface area contributed by atoms with Crippen LogP contribution in [0.15, 0.2) is 30.3 Å². The lowest BCUT2D eigenvalue weighted by Crippen LogP contribution is -2.22. The summed E-state index contributed by atoms with van der Waals surface area (Å²) in [6.07, 6.45) is 0. The average molecular weight is 310 g/mol. The smallest absolute Gasteiger partial charge is 0.130 e. The molecule has 0 saturated carbocycles. The lowest BCUT2D eigenvalue weighted by Gasteiger charge is -2.27. The summed E-state index contributed by atoms with van der Waals surface area (Å²) in [7, 11) is 0. The molecule has 0 aliphatic heterocycles. The van der Waals surface area contributed by atoms with Crippen molar-refractivity contribution >= 4 is 0 Å². The van der Waals surface area contributed by atoms with Crippen LogP contribution in [0.25, 0.3) is 0 Å². The van der Waals surface area contributed by atoms with E-state index < -0.39 is 28.7 Å². The fourth-order valence-electron chi connectivity index (χ4n) is 2.65. The molecule has 0 N–H and O–H groups in total. The van der Waals surface area contributed by atoms with Gasteiger partial charge in [0.15, 0.2) is 0 Å². The lowest BCUT2D eigenvalue weighted by atomic mass is 9.77. The van der Waals surface area contributed by atoms with E-state index >= 15 is 0 Å². The van der Waals surface area contributed by atoms with Crippen LogP contribution in [0.2, 0.25) is 0 Å². The maximum atomic E-state index is 14.2. The molecule has 2 aromatic rings. The van der Waals surface area contributed by atoms with Crippen molar-refractivity contribution in [1.29, 1.82) is 0 Å². The summed E-state index contributed by atoms with van der Waals surface area (Å²) in [4.78, 5) is 0. The molecule has 0 heterocycles. The van der Waals surface area contributed by atoms with E-state index in [2.05, 4.69) is 0 Å². The zero-order valence-corrected chi connectivity index (χ0v) is 13.0. The van der Waals surface area contributed by atoms with Gasteiger partial charge in [-0.1, -0.05) is 33.8 Å². The molecular weight excluding hydrogens is 292 g/mol. The van der Waals surface area contributed by atoms with Gasteiger partial charge in [-0.25, -0.2) is 17.6 Å². The first-order valence-electron chi connectivity index (χ1n) is 7.09. The van der Waals surface area contributed by atoms with Gasteiger partial charge >= 0.3 is 0 Å². The van der Waals surface area contributed by atoms with Gasteiger partial charge in [-0.15, -0.1) is 0 Å². The molecule has 22 heavy (non-hydrogen) atoms. The first-order valence-corrected chi connectivity index (χ1v) is 7.09. The Balaban J connectivity index is 2.59. The predicted octanol–water partition coefficient (Wildman–Crippen LogP) is 5.69. The van der Waals surface area contributed by atoms with E-state index in [-0.39, 0.29) is 17.0 Å². The normalized spacial score (nSPS) is 12.0. The van der Waals surface area contributed by atoms with Gasteiger partial charge < -0.3 is 0 Å². The molecule has 0 radical (unpaired) electrons. The van der Waals surface area contributed by atoms with Crippen LogP contribution in [-0.4, -0.2) is 0 Å². The third-order valence-electron chi connectivity index (χ3n) is 3.98. The summed E-state index contributed by atoms with van der Waals surface area (Å²) in [6.45, 7) is 6.69. The zero-order chi connectivity index (χ0) is 16.7. The first-order chi connectivity index (χ1) is 10.1. The molecule has 2 aromatic carbocycles. The van der Waals surface area contributed by atoms with Crippen LogP contribution in [0.1, 0.15) is 50.3 Å². The minimum Gasteiger partial charge on any atom is -0.207 e. The largest absolute Gasteiger partial charge is 0.207 e. The van der Waals surface area contributed by atoms with Crippen molar-refractivity contribution in [2.45, 2.75) is 39.0 Å². The van der Waals surface area contributed by atoms with E-state index in [1.54, 1.807) is 27.7 Å². The van der Waals surface area contributed by atoms with Crippen molar-refractivity contribution in [3.05, 3.63) is 70.3 Å². The Bertz CT molecular complexity index is 679. The molecule has 0 aliphatic carbocycles. The Morgan fingerprint density at radius 3 is 1.82 bits per heavy atom. The third kappa shape index (κ3) is 2.87. The van der Waals surface area contributed by atoms with Gasteiger partial charge in [0.25, 0.3) is 0 Å². The molecule has 0 saturated heterocycles. The Hall–Kier alpha value is -1.84. The Morgan fingerprint density at radius 1 is 0.818 bits per heavy atom. The molecule has 0 unspecified atom stereocenters. The van der Waals surface area contributed by atoms with Crippen molar-refractivity contribution in [2.24, 2.45) is 0 Å². The van der Waals surface area contributed by atoms with Crippen molar-refractivity contribution in [3.8, 4) is 0 Å². The monoisotopic (exact) mass is 310 g/mol. The lowest BCUT2D eigenvalue weighted by molar-refractivity contribution is 0.509. The number of hydrogen-bond acceptors (Lipinski definition) is 0. The molecule has 0 spiro atoms. The maximum Gasteiger partial charge on any atom is 0.130 e. The standard InChI is InChI=1S/C18H18F4/c1-10(2)17-15(21)7-11(8-16(17)22)18(3,4)13-6-5-12(19)9-14(13)20/h5-10H,1-4H3. The van der Waals surface area contributed by atoms with Crippen LogP contribution in [0, 0.1) is 23.3 Å². The van der Waals surface area contributed by atoms with E-state index in [9.17, 15) is 17.6 Å². The number of rotatable bonds is 3. The topological polar surface area (TPSA) is 0 Å². The van der Waals surface area contributed by atoms with E-state index in [4.69, 9.17) is 0 Å². The highest BCUT2D eigenvalue weighted by atomic mass is 19.1. The quantitative estimate of drug-likeness (QED) is 0.639. The van der Waals surface area contributed by atoms with Crippen molar-refractivity contribution in [2.75, 3.05) is 0 Å². The molecule has 0 fully saturated rings. The summed E-state index contributed by atoms with van der Waals surface area (Å²) in [6, 6.07) is 5.65. The Kier molecular flexibility index (Phi) is 4.32. The number of halogens is 4. The van der Waals surface area contributed by atoms with Crippen LogP contribution in [0.5, 0.6) is 0 Å². The first kappa shape index (κ1) is 16.5. The predicted molar refractivity (Wildman–Crippen MR) is 78.9 cm³/mol. The number of hydrogen-bond donors (Lipinski definition) is 0. The zero-order valence-electron chi connectivity index (χ0n) is 13.0.